The number of rotatable bonds is 2. The third-order valence-corrected chi connectivity index (χ3v) is 5.16. The van der Waals surface area contributed by atoms with Crippen molar-refractivity contribution in [3.8, 4) is 5.75 Å². The summed E-state index contributed by atoms with van der Waals surface area (Å²) in [4.78, 5) is 25.0. The second-order valence-corrected chi connectivity index (χ2v) is 6.86. The molecule has 2 aliphatic heterocycles. The zero-order chi connectivity index (χ0) is 16.5. The van der Waals surface area contributed by atoms with Gasteiger partial charge >= 0.3 is 0 Å². The number of thioether (sulfide) groups is 1. The van der Waals surface area contributed by atoms with Gasteiger partial charge in [0.05, 0.1) is 17.5 Å². The first-order valence-electron chi connectivity index (χ1n) is 7.77. The highest BCUT2D eigenvalue weighted by molar-refractivity contribution is 8.00. The van der Waals surface area contributed by atoms with E-state index in [4.69, 9.17) is 4.74 Å². The van der Waals surface area contributed by atoms with Crippen molar-refractivity contribution in [2.45, 2.75) is 17.4 Å². The largest absolute Gasteiger partial charge is 0.491 e. The lowest BCUT2D eigenvalue weighted by Crippen LogP contribution is -2.42. The van der Waals surface area contributed by atoms with Crippen molar-refractivity contribution in [1.82, 2.24) is 5.32 Å². The SMILES string of the molecule is O=C1CSc2ccc(C(=O)N[C@H]3COc4ccccc4C3)cc2N1. The Morgan fingerprint density at radius 1 is 1.25 bits per heavy atom. The number of amides is 2. The Morgan fingerprint density at radius 2 is 2.12 bits per heavy atom. The highest BCUT2D eigenvalue weighted by Crippen LogP contribution is 2.32. The smallest absolute Gasteiger partial charge is 0.251 e. The zero-order valence-corrected chi connectivity index (χ0v) is 13.7. The molecule has 0 bridgehead atoms. The lowest BCUT2D eigenvalue weighted by Gasteiger charge is -2.26. The number of hydrogen-bond acceptors (Lipinski definition) is 4. The summed E-state index contributed by atoms with van der Waals surface area (Å²) in [5.41, 5.74) is 2.34. The average Bonchev–Trinajstić information content (AvgIpc) is 2.61. The molecule has 0 aliphatic carbocycles. The van der Waals surface area contributed by atoms with Gasteiger partial charge in [0.2, 0.25) is 5.91 Å². The van der Waals surface area contributed by atoms with E-state index in [2.05, 4.69) is 10.6 Å². The quantitative estimate of drug-likeness (QED) is 0.881. The number of para-hydroxylation sites is 1. The number of ether oxygens (including phenoxy) is 1. The maximum Gasteiger partial charge on any atom is 0.251 e. The fourth-order valence-corrected chi connectivity index (χ4v) is 3.70. The zero-order valence-electron chi connectivity index (χ0n) is 12.9. The fourth-order valence-electron chi connectivity index (χ4n) is 2.91. The predicted octanol–water partition coefficient (Wildman–Crippen LogP) is 2.46. The molecule has 0 saturated carbocycles. The van der Waals surface area contributed by atoms with Gasteiger partial charge in [0.1, 0.15) is 12.4 Å². The Hall–Kier alpha value is -2.47. The third-order valence-electron chi connectivity index (χ3n) is 4.09. The van der Waals surface area contributed by atoms with E-state index in [1.807, 2.05) is 30.3 Å². The molecule has 0 radical (unpaired) electrons. The second kappa shape index (κ2) is 6.20. The number of benzene rings is 2. The van der Waals surface area contributed by atoms with Gasteiger partial charge in [-0.1, -0.05) is 18.2 Å². The van der Waals surface area contributed by atoms with Gasteiger partial charge in [-0.15, -0.1) is 11.8 Å². The predicted molar refractivity (Wildman–Crippen MR) is 92.7 cm³/mol. The molecule has 0 spiro atoms. The maximum absolute atomic E-state index is 12.5. The van der Waals surface area contributed by atoms with Crippen LogP contribution in [0.25, 0.3) is 0 Å². The molecule has 2 amide bonds. The number of anilines is 1. The van der Waals surface area contributed by atoms with Crippen LogP contribution in [0.3, 0.4) is 0 Å². The van der Waals surface area contributed by atoms with Crippen LogP contribution in [0.15, 0.2) is 47.4 Å². The van der Waals surface area contributed by atoms with Crippen LogP contribution in [0.5, 0.6) is 5.75 Å². The molecule has 6 heteroatoms. The van der Waals surface area contributed by atoms with Gasteiger partial charge in [-0.3, -0.25) is 9.59 Å². The van der Waals surface area contributed by atoms with Gasteiger partial charge in [-0.2, -0.15) is 0 Å². The van der Waals surface area contributed by atoms with Crippen LogP contribution < -0.4 is 15.4 Å². The second-order valence-electron chi connectivity index (χ2n) is 5.84. The van der Waals surface area contributed by atoms with E-state index in [9.17, 15) is 9.59 Å². The number of hydrogen-bond donors (Lipinski definition) is 2. The normalized spacial score (nSPS) is 18.7. The van der Waals surface area contributed by atoms with Crippen LogP contribution in [0.2, 0.25) is 0 Å². The number of carbonyl (C=O) groups is 2. The first-order chi connectivity index (χ1) is 11.7. The van der Waals surface area contributed by atoms with Gasteiger partial charge in [-0.25, -0.2) is 0 Å². The van der Waals surface area contributed by atoms with Gasteiger partial charge in [0, 0.05) is 10.5 Å². The van der Waals surface area contributed by atoms with Gasteiger partial charge in [0.25, 0.3) is 5.91 Å². The van der Waals surface area contributed by atoms with Crippen molar-refractivity contribution in [2.75, 3.05) is 17.7 Å². The van der Waals surface area contributed by atoms with Gasteiger partial charge in [0.15, 0.2) is 0 Å². The maximum atomic E-state index is 12.5. The molecule has 24 heavy (non-hydrogen) atoms. The van der Waals surface area contributed by atoms with Crippen LogP contribution >= 0.6 is 11.8 Å². The van der Waals surface area contributed by atoms with Crippen molar-refractivity contribution in [1.29, 1.82) is 0 Å². The molecule has 2 aliphatic rings. The molecular weight excluding hydrogens is 324 g/mol. The van der Waals surface area contributed by atoms with Gasteiger partial charge < -0.3 is 15.4 Å². The minimum Gasteiger partial charge on any atom is -0.491 e. The van der Waals surface area contributed by atoms with E-state index < -0.39 is 0 Å². The Labute approximate surface area is 143 Å². The molecule has 2 aromatic rings. The van der Waals surface area contributed by atoms with Crippen LogP contribution in [0, 0.1) is 0 Å². The molecule has 4 rings (SSSR count). The van der Waals surface area contributed by atoms with E-state index in [1.54, 1.807) is 12.1 Å². The summed E-state index contributed by atoms with van der Waals surface area (Å²) in [5.74, 6) is 1.10. The molecule has 2 aromatic carbocycles. The Bertz CT molecular complexity index is 822. The molecule has 0 aromatic heterocycles. The number of nitrogens with one attached hydrogen (secondary N) is 2. The summed E-state index contributed by atoms with van der Waals surface area (Å²) in [6, 6.07) is 13.2. The summed E-state index contributed by atoms with van der Waals surface area (Å²) in [6.07, 6.45) is 0.749. The number of fused-ring (bicyclic) bond motifs is 2. The van der Waals surface area contributed by atoms with Crippen LogP contribution in [0.4, 0.5) is 5.69 Å². The van der Waals surface area contributed by atoms with Crippen LogP contribution in [-0.2, 0) is 11.2 Å². The van der Waals surface area contributed by atoms with Crippen molar-refractivity contribution in [3.05, 3.63) is 53.6 Å². The summed E-state index contributed by atoms with van der Waals surface area (Å²) in [5, 5.41) is 5.82. The first-order valence-corrected chi connectivity index (χ1v) is 8.76. The summed E-state index contributed by atoms with van der Waals surface area (Å²) in [7, 11) is 0. The fraction of sp³-hybridized carbons (Fsp3) is 0.222. The lowest BCUT2D eigenvalue weighted by atomic mass is 10.0. The first kappa shape index (κ1) is 15.1. The molecule has 5 nitrogen and oxygen atoms in total. The van der Waals surface area contributed by atoms with E-state index in [0.717, 1.165) is 22.6 Å². The highest BCUT2D eigenvalue weighted by atomic mass is 32.2. The Morgan fingerprint density at radius 3 is 3.04 bits per heavy atom. The monoisotopic (exact) mass is 340 g/mol. The molecule has 122 valence electrons. The van der Waals surface area contributed by atoms with Crippen LogP contribution in [-0.4, -0.2) is 30.2 Å². The molecule has 2 N–H and O–H groups in total. The van der Waals surface area contributed by atoms with E-state index >= 15 is 0 Å². The summed E-state index contributed by atoms with van der Waals surface area (Å²) in [6.45, 7) is 0.459. The lowest BCUT2D eigenvalue weighted by molar-refractivity contribution is -0.113. The van der Waals surface area contributed by atoms with Crippen molar-refractivity contribution < 1.29 is 14.3 Å². The van der Waals surface area contributed by atoms with Crippen molar-refractivity contribution in [2.24, 2.45) is 0 Å². The minimum absolute atomic E-state index is 0.0395. The Kier molecular flexibility index (Phi) is 3.90. The topological polar surface area (TPSA) is 67.4 Å². The van der Waals surface area contributed by atoms with E-state index in [0.29, 0.717) is 23.6 Å². The molecular formula is C18H16N2O3S. The summed E-state index contributed by atoms with van der Waals surface area (Å²) >= 11 is 1.48. The molecule has 0 fully saturated rings. The summed E-state index contributed by atoms with van der Waals surface area (Å²) < 4.78 is 5.70. The highest BCUT2D eigenvalue weighted by Gasteiger charge is 2.23. The molecule has 0 unspecified atom stereocenters. The van der Waals surface area contributed by atoms with Gasteiger partial charge in [-0.05, 0) is 36.2 Å². The van der Waals surface area contributed by atoms with Crippen LogP contribution in [0.1, 0.15) is 15.9 Å². The van der Waals surface area contributed by atoms with Crippen molar-refractivity contribution >= 4 is 29.3 Å². The molecule has 0 saturated heterocycles. The molecule has 1 atom stereocenters. The minimum atomic E-state index is -0.157. The van der Waals surface area contributed by atoms with E-state index in [-0.39, 0.29) is 17.9 Å². The van der Waals surface area contributed by atoms with Crippen molar-refractivity contribution in [3.63, 3.8) is 0 Å². The third kappa shape index (κ3) is 2.97. The standard InChI is InChI=1S/C18H16N2O3S/c21-17-10-24-16-6-5-12(8-14(16)20-17)18(22)19-13-7-11-3-1-2-4-15(11)23-9-13/h1-6,8,13H,7,9-10H2,(H,19,22)(H,20,21)/t13-/m1/s1. The average molecular weight is 340 g/mol. The Balaban J connectivity index is 1.47. The number of carbonyl (C=O) groups excluding carboxylic acids is 2. The van der Waals surface area contributed by atoms with E-state index in [1.165, 1.54) is 11.8 Å². The molecule has 2 heterocycles.